The number of halogens is 1. The van der Waals surface area contributed by atoms with Crippen LogP contribution in [0.5, 0.6) is 0 Å². The molecule has 174 valence electrons. The number of aryl methyl sites for hydroxylation is 1. The molecule has 8 heteroatoms. The van der Waals surface area contributed by atoms with E-state index in [-0.39, 0.29) is 29.9 Å². The summed E-state index contributed by atoms with van der Waals surface area (Å²) in [5.74, 6) is 1.12. The summed E-state index contributed by atoms with van der Waals surface area (Å²) in [5.41, 5.74) is 5.36. The molecule has 4 rings (SSSR count). The molecule has 0 atom stereocenters. The van der Waals surface area contributed by atoms with Gasteiger partial charge in [0.05, 0.1) is 0 Å². The van der Waals surface area contributed by atoms with E-state index < -0.39 is 0 Å². The second-order valence-electron chi connectivity index (χ2n) is 8.35. The van der Waals surface area contributed by atoms with E-state index in [0.717, 1.165) is 51.6 Å². The van der Waals surface area contributed by atoms with E-state index in [1.807, 2.05) is 11.9 Å². The van der Waals surface area contributed by atoms with Crippen LogP contribution in [0.2, 0.25) is 0 Å². The Bertz CT molecular complexity index is 952. The van der Waals surface area contributed by atoms with Gasteiger partial charge in [-0.05, 0) is 54.5 Å². The molecule has 0 bridgehead atoms. The summed E-state index contributed by atoms with van der Waals surface area (Å²) in [7, 11) is 1.82. The zero-order valence-corrected chi connectivity index (χ0v) is 22.4. The molecule has 2 aliphatic rings. The number of piperazine rings is 1. The number of nitrogens with zero attached hydrogens (tertiary/aromatic N) is 4. The molecule has 6 nitrogen and oxygen atoms in total. The highest BCUT2D eigenvalue weighted by atomic mass is 127. The number of nitrogens with one attached hydrogen (secondary N) is 1. The molecule has 0 saturated carbocycles. The second kappa shape index (κ2) is 11.4. The number of hydrogen-bond acceptors (Lipinski definition) is 4. The zero-order chi connectivity index (χ0) is 21.8. The lowest BCUT2D eigenvalue weighted by Crippen LogP contribution is -2.53. The number of carbonyl (C=O) groups is 1. The average Bonchev–Trinajstić information content (AvgIpc) is 3.27. The number of guanidine groups is 1. The Morgan fingerprint density at radius 3 is 2.62 bits per heavy atom. The van der Waals surface area contributed by atoms with Gasteiger partial charge in [-0.25, -0.2) is 0 Å². The number of carbonyl (C=O) groups excluding carboxylic acids is 1. The van der Waals surface area contributed by atoms with Crippen LogP contribution in [0.25, 0.3) is 0 Å². The van der Waals surface area contributed by atoms with Gasteiger partial charge in [-0.3, -0.25) is 9.79 Å². The molecule has 1 saturated heterocycles. The van der Waals surface area contributed by atoms with Crippen LogP contribution in [0.3, 0.4) is 0 Å². The third kappa shape index (κ3) is 5.57. The molecule has 2 aliphatic heterocycles. The maximum atomic E-state index is 12.7. The Morgan fingerprint density at radius 1 is 1.09 bits per heavy atom. The van der Waals surface area contributed by atoms with Gasteiger partial charge in [0.25, 0.3) is 0 Å². The van der Waals surface area contributed by atoms with Crippen molar-refractivity contribution in [1.29, 1.82) is 0 Å². The van der Waals surface area contributed by atoms with Crippen molar-refractivity contribution in [2.45, 2.75) is 33.2 Å². The van der Waals surface area contributed by atoms with Crippen molar-refractivity contribution in [2.75, 3.05) is 51.2 Å². The zero-order valence-electron chi connectivity index (χ0n) is 19.3. The molecule has 1 aromatic carbocycles. The number of aliphatic imine (C=N–C) groups is 1. The van der Waals surface area contributed by atoms with E-state index in [2.05, 4.69) is 63.6 Å². The van der Waals surface area contributed by atoms with Crippen LogP contribution in [0.1, 0.15) is 28.0 Å². The molecule has 1 N–H and O–H groups in total. The molecule has 0 spiro atoms. The first-order chi connectivity index (χ1) is 15.1. The third-order valence-corrected chi connectivity index (χ3v) is 7.51. The van der Waals surface area contributed by atoms with Crippen LogP contribution in [-0.4, -0.2) is 68.0 Å². The number of rotatable bonds is 4. The quantitative estimate of drug-likeness (QED) is 0.348. The maximum Gasteiger partial charge on any atom is 0.224 e. The Balaban J connectivity index is 0.00000289. The summed E-state index contributed by atoms with van der Waals surface area (Å²) < 4.78 is 0. The van der Waals surface area contributed by atoms with E-state index in [1.54, 1.807) is 11.3 Å². The van der Waals surface area contributed by atoms with E-state index in [1.165, 1.54) is 27.3 Å². The van der Waals surface area contributed by atoms with Crippen molar-refractivity contribution in [3.05, 3.63) is 51.2 Å². The summed E-state index contributed by atoms with van der Waals surface area (Å²) in [4.78, 5) is 25.3. The van der Waals surface area contributed by atoms with Crippen molar-refractivity contribution in [2.24, 2.45) is 4.99 Å². The summed E-state index contributed by atoms with van der Waals surface area (Å²) in [6.45, 7) is 10.4. The van der Waals surface area contributed by atoms with Crippen molar-refractivity contribution >= 4 is 52.9 Å². The lowest BCUT2D eigenvalue weighted by Gasteiger charge is -2.38. The largest absolute Gasteiger partial charge is 0.368 e. The van der Waals surface area contributed by atoms with Gasteiger partial charge in [-0.15, -0.1) is 35.3 Å². The summed E-state index contributed by atoms with van der Waals surface area (Å²) in [6.07, 6.45) is 1.49. The van der Waals surface area contributed by atoms with Crippen molar-refractivity contribution in [1.82, 2.24) is 15.1 Å². The van der Waals surface area contributed by atoms with Gasteiger partial charge in [0.2, 0.25) is 5.91 Å². The Kier molecular flexibility index (Phi) is 8.81. The first-order valence-electron chi connectivity index (χ1n) is 11.2. The van der Waals surface area contributed by atoms with Crippen molar-refractivity contribution in [3.63, 3.8) is 0 Å². The molecule has 32 heavy (non-hydrogen) atoms. The molecule has 3 heterocycles. The Labute approximate surface area is 212 Å². The van der Waals surface area contributed by atoms with Gasteiger partial charge in [-0.1, -0.05) is 12.1 Å². The fourth-order valence-electron chi connectivity index (χ4n) is 4.47. The van der Waals surface area contributed by atoms with Gasteiger partial charge < -0.3 is 20.0 Å². The standard InChI is InChI=1S/C24H33N5OS.HI/c1-18-5-4-6-21(19(18)2)27-12-14-28(15-13-27)24(25-3)26-10-7-23(30)29-11-8-22-20(17-29)9-16-31-22;/h4-6,9,16H,7-8,10-15,17H2,1-3H3,(H,25,26);1H. The van der Waals surface area contributed by atoms with Crippen LogP contribution < -0.4 is 10.2 Å². The number of amides is 1. The van der Waals surface area contributed by atoms with Crippen LogP contribution in [0.4, 0.5) is 5.69 Å². The molecular weight excluding hydrogens is 533 g/mol. The second-order valence-corrected chi connectivity index (χ2v) is 9.35. The summed E-state index contributed by atoms with van der Waals surface area (Å²) in [6, 6.07) is 8.68. The SMILES string of the molecule is CN=C(NCCC(=O)N1CCc2sccc2C1)N1CCN(c2cccc(C)c2C)CC1.I. The fourth-order valence-corrected chi connectivity index (χ4v) is 5.36. The van der Waals surface area contributed by atoms with E-state index in [4.69, 9.17) is 0 Å². The first-order valence-corrected chi connectivity index (χ1v) is 12.0. The normalized spacial score (nSPS) is 16.5. The Morgan fingerprint density at radius 2 is 1.88 bits per heavy atom. The van der Waals surface area contributed by atoms with E-state index in [0.29, 0.717) is 13.0 Å². The minimum Gasteiger partial charge on any atom is -0.368 e. The number of benzene rings is 1. The average molecular weight is 568 g/mol. The van der Waals surface area contributed by atoms with Crippen LogP contribution in [0, 0.1) is 13.8 Å². The summed E-state index contributed by atoms with van der Waals surface area (Å²) >= 11 is 1.80. The number of fused-ring (bicyclic) bond motifs is 1. The molecule has 1 amide bonds. The Hall–Kier alpha value is -1.81. The molecule has 0 aliphatic carbocycles. The maximum absolute atomic E-state index is 12.7. The van der Waals surface area contributed by atoms with Gasteiger partial charge in [-0.2, -0.15) is 0 Å². The number of hydrogen-bond donors (Lipinski definition) is 1. The van der Waals surface area contributed by atoms with Gasteiger partial charge in [0.15, 0.2) is 5.96 Å². The van der Waals surface area contributed by atoms with Crippen LogP contribution >= 0.6 is 35.3 Å². The van der Waals surface area contributed by atoms with E-state index in [9.17, 15) is 4.79 Å². The predicted molar refractivity (Wildman–Crippen MR) is 145 cm³/mol. The molecule has 2 aromatic rings. The minimum absolute atomic E-state index is 0. The highest BCUT2D eigenvalue weighted by molar-refractivity contribution is 14.0. The molecule has 0 unspecified atom stereocenters. The molecule has 0 radical (unpaired) electrons. The molecule has 1 aromatic heterocycles. The lowest BCUT2D eigenvalue weighted by molar-refractivity contribution is -0.131. The fraction of sp³-hybridized carbons (Fsp3) is 0.500. The van der Waals surface area contributed by atoms with Crippen LogP contribution in [-0.2, 0) is 17.8 Å². The number of thiophene rings is 1. The van der Waals surface area contributed by atoms with Crippen LogP contribution in [0.15, 0.2) is 34.6 Å². The highest BCUT2D eigenvalue weighted by Gasteiger charge is 2.23. The predicted octanol–water partition coefficient (Wildman–Crippen LogP) is 3.66. The van der Waals surface area contributed by atoms with Gasteiger partial charge in [0.1, 0.15) is 0 Å². The summed E-state index contributed by atoms with van der Waals surface area (Å²) in [5, 5.41) is 5.54. The highest BCUT2D eigenvalue weighted by Crippen LogP contribution is 2.25. The van der Waals surface area contributed by atoms with Gasteiger partial charge in [0, 0.05) is 69.8 Å². The molecule has 1 fully saturated rings. The van der Waals surface area contributed by atoms with E-state index >= 15 is 0 Å². The first kappa shape index (κ1) is 24.8. The van der Waals surface area contributed by atoms with Gasteiger partial charge >= 0.3 is 0 Å². The topological polar surface area (TPSA) is 51.2 Å². The lowest BCUT2D eigenvalue weighted by atomic mass is 10.1. The van der Waals surface area contributed by atoms with Crippen molar-refractivity contribution in [3.8, 4) is 0 Å². The number of anilines is 1. The minimum atomic E-state index is 0. The molecular formula is C24H34IN5OS. The third-order valence-electron chi connectivity index (χ3n) is 6.49. The smallest absolute Gasteiger partial charge is 0.224 e. The van der Waals surface area contributed by atoms with Crippen molar-refractivity contribution < 1.29 is 4.79 Å². The monoisotopic (exact) mass is 567 g/mol.